The first-order valence-electron chi connectivity index (χ1n) is 9.06. The Labute approximate surface area is 145 Å². The largest absolute Gasteiger partial charge is 0.383 e. The highest BCUT2D eigenvalue weighted by Crippen LogP contribution is 2.41. The number of hydrogen-bond donors (Lipinski definition) is 0. The second kappa shape index (κ2) is 7.62. The van der Waals surface area contributed by atoms with Crippen LogP contribution in [0.1, 0.15) is 36.9 Å². The number of carbonyl (C=O) groups excluding carboxylic acids is 1. The average molecular weight is 331 g/mol. The fourth-order valence-electron chi connectivity index (χ4n) is 4.08. The van der Waals surface area contributed by atoms with E-state index in [0.717, 1.165) is 64.1 Å². The van der Waals surface area contributed by atoms with E-state index in [2.05, 4.69) is 22.9 Å². The third-order valence-corrected chi connectivity index (χ3v) is 5.69. The normalized spacial score (nSPS) is 25.4. The number of ether oxygens (including phenoxy) is 1. The van der Waals surface area contributed by atoms with E-state index in [-0.39, 0.29) is 5.41 Å². The molecule has 0 unspecified atom stereocenters. The third-order valence-electron chi connectivity index (χ3n) is 5.69. The number of likely N-dealkylation sites (tertiary alicyclic amines) is 2. The molecule has 1 spiro atoms. The molecular weight excluding hydrogens is 302 g/mol. The summed E-state index contributed by atoms with van der Waals surface area (Å²) in [7, 11) is 1.69. The molecule has 5 heteroatoms. The summed E-state index contributed by atoms with van der Waals surface area (Å²) in [4.78, 5) is 21.9. The molecule has 5 nitrogen and oxygen atoms in total. The molecule has 0 saturated carbocycles. The van der Waals surface area contributed by atoms with E-state index in [0.29, 0.717) is 12.5 Å². The first-order chi connectivity index (χ1) is 11.6. The van der Waals surface area contributed by atoms with Gasteiger partial charge in [-0.1, -0.05) is 6.07 Å². The van der Waals surface area contributed by atoms with Crippen LogP contribution >= 0.6 is 0 Å². The molecule has 2 saturated heterocycles. The Morgan fingerprint density at radius 1 is 1.25 bits per heavy atom. The van der Waals surface area contributed by atoms with Crippen molar-refractivity contribution in [3.05, 3.63) is 29.6 Å². The van der Waals surface area contributed by atoms with Crippen molar-refractivity contribution in [2.75, 3.05) is 39.9 Å². The molecule has 0 bridgehead atoms. The van der Waals surface area contributed by atoms with Gasteiger partial charge in [-0.3, -0.25) is 14.7 Å². The van der Waals surface area contributed by atoms with E-state index in [1.54, 1.807) is 7.11 Å². The maximum atomic E-state index is 12.9. The fraction of sp³-hybridized carbons (Fsp3) is 0.684. The van der Waals surface area contributed by atoms with Gasteiger partial charge in [-0.05, 0) is 57.3 Å². The van der Waals surface area contributed by atoms with E-state index < -0.39 is 0 Å². The lowest BCUT2D eigenvalue weighted by Crippen LogP contribution is -2.37. The van der Waals surface area contributed by atoms with E-state index in [1.807, 2.05) is 17.2 Å². The zero-order valence-corrected chi connectivity index (χ0v) is 15.0. The van der Waals surface area contributed by atoms with Crippen LogP contribution in [0.15, 0.2) is 18.3 Å². The van der Waals surface area contributed by atoms with Crippen molar-refractivity contribution >= 4 is 5.91 Å². The van der Waals surface area contributed by atoms with Crippen molar-refractivity contribution in [2.24, 2.45) is 5.41 Å². The Kier molecular flexibility index (Phi) is 5.51. The van der Waals surface area contributed by atoms with Crippen molar-refractivity contribution < 1.29 is 9.53 Å². The maximum absolute atomic E-state index is 12.9. The number of amides is 1. The Bertz CT molecular complexity index is 577. The van der Waals surface area contributed by atoms with Crippen molar-refractivity contribution in [3.63, 3.8) is 0 Å². The van der Waals surface area contributed by atoms with E-state index >= 15 is 0 Å². The Morgan fingerprint density at radius 3 is 2.88 bits per heavy atom. The van der Waals surface area contributed by atoms with Crippen LogP contribution in [0.4, 0.5) is 0 Å². The van der Waals surface area contributed by atoms with Crippen LogP contribution in [-0.2, 0) is 16.1 Å². The molecule has 24 heavy (non-hydrogen) atoms. The predicted molar refractivity (Wildman–Crippen MR) is 93.6 cm³/mol. The van der Waals surface area contributed by atoms with Gasteiger partial charge in [0.15, 0.2) is 0 Å². The Balaban J connectivity index is 1.61. The van der Waals surface area contributed by atoms with Crippen LogP contribution in [-0.4, -0.2) is 60.6 Å². The minimum absolute atomic E-state index is 0.123. The average Bonchev–Trinajstić information content (AvgIpc) is 2.76. The fourth-order valence-corrected chi connectivity index (χ4v) is 4.08. The van der Waals surface area contributed by atoms with Crippen molar-refractivity contribution in [2.45, 2.75) is 39.2 Å². The second-order valence-corrected chi connectivity index (χ2v) is 7.21. The number of aryl methyl sites for hydroxylation is 1. The SMILES string of the molecule is COCCN1CC[C@@]2(CCCN(Cc3ncccc3C)CC2)C1=O. The maximum Gasteiger partial charge on any atom is 0.228 e. The zero-order chi connectivity index (χ0) is 17.0. The zero-order valence-electron chi connectivity index (χ0n) is 15.0. The summed E-state index contributed by atoms with van der Waals surface area (Å²) < 4.78 is 5.14. The molecule has 3 heterocycles. The summed E-state index contributed by atoms with van der Waals surface area (Å²) in [6.07, 6.45) is 5.96. The lowest BCUT2D eigenvalue weighted by molar-refractivity contribution is -0.137. The van der Waals surface area contributed by atoms with Gasteiger partial charge in [0.25, 0.3) is 0 Å². The molecule has 3 rings (SSSR count). The lowest BCUT2D eigenvalue weighted by atomic mass is 9.79. The van der Waals surface area contributed by atoms with E-state index in [9.17, 15) is 4.79 Å². The lowest BCUT2D eigenvalue weighted by Gasteiger charge is -2.26. The molecular formula is C19H29N3O2. The van der Waals surface area contributed by atoms with Gasteiger partial charge in [0.05, 0.1) is 17.7 Å². The van der Waals surface area contributed by atoms with Crippen LogP contribution < -0.4 is 0 Å². The van der Waals surface area contributed by atoms with Gasteiger partial charge in [0.2, 0.25) is 5.91 Å². The molecule has 2 aliphatic heterocycles. The first kappa shape index (κ1) is 17.4. The van der Waals surface area contributed by atoms with Crippen LogP contribution in [0, 0.1) is 12.3 Å². The topological polar surface area (TPSA) is 45.7 Å². The number of rotatable bonds is 5. The number of methoxy groups -OCH3 is 1. The van der Waals surface area contributed by atoms with Crippen LogP contribution in [0.2, 0.25) is 0 Å². The number of aromatic nitrogens is 1. The van der Waals surface area contributed by atoms with Crippen LogP contribution in [0.5, 0.6) is 0 Å². The molecule has 2 fully saturated rings. The Hall–Kier alpha value is -1.46. The molecule has 0 radical (unpaired) electrons. The minimum Gasteiger partial charge on any atom is -0.383 e. The summed E-state index contributed by atoms with van der Waals surface area (Å²) in [6.45, 7) is 7.31. The van der Waals surface area contributed by atoms with E-state index in [1.165, 1.54) is 5.56 Å². The van der Waals surface area contributed by atoms with Crippen LogP contribution in [0.3, 0.4) is 0 Å². The number of pyridine rings is 1. The molecule has 1 aromatic rings. The Morgan fingerprint density at radius 2 is 2.08 bits per heavy atom. The predicted octanol–water partition coefficient (Wildman–Crippen LogP) is 2.24. The molecule has 132 valence electrons. The molecule has 1 atom stereocenters. The minimum atomic E-state index is -0.123. The monoisotopic (exact) mass is 331 g/mol. The van der Waals surface area contributed by atoms with Crippen LogP contribution in [0.25, 0.3) is 0 Å². The highest BCUT2D eigenvalue weighted by Gasteiger charge is 2.46. The van der Waals surface area contributed by atoms with E-state index in [4.69, 9.17) is 4.74 Å². The first-order valence-corrected chi connectivity index (χ1v) is 9.06. The molecule has 2 aliphatic rings. The van der Waals surface area contributed by atoms with Gasteiger partial charge < -0.3 is 9.64 Å². The number of carbonyl (C=O) groups is 1. The molecule has 1 aromatic heterocycles. The molecule has 0 aliphatic carbocycles. The summed E-state index contributed by atoms with van der Waals surface area (Å²) >= 11 is 0. The standard InChI is InChI=1S/C19H29N3O2/c1-16-5-3-9-20-17(16)15-21-10-4-6-19(7-11-21)8-12-22(18(19)23)13-14-24-2/h3,5,9H,4,6-8,10-15H2,1-2H3/t19-/m0/s1. The quantitative estimate of drug-likeness (QED) is 0.830. The van der Waals surface area contributed by atoms with Gasteiger partial charge in [-0.15, -0.1) is 0 Å². The number of nitrogens with zero attached hydrogens (tertiary/aromatic N) is 3. The van der Waals surface area contributed by atoms with Gasteiger partial charge >= 0.3 is 0 Å². The summed E-state index contributed by atoms with van der Waals surface area (Å²) in [5.41, 5.74) is 2.29. The molecule has 1 amide bonds. The smallest absolute Gasteiger partial charge is 0.228 e. The molecule has 0 aromatic carbocycles. The molecule has 0 N–H and O–H groups in total. The van der Waals surface area contributed by atoms with Gasteiger partial charge in [0.1, 0.15) is 0 Å². The van der Waals surface area contributed by atoms with Gasteiger partial charge in [0, 0.05) is 32.9 Å². The van der Waals surface area contributed by atoms with Crippen molar-refractivity contribution in [3.8, 4) is 0 Å². The third kappa shape index (κ3) is 3.62. The van der Waals surface area contributed by atoms with Crippen molar-refractivity contribution in [1.82, 2.24) is 14.8 Å². The summed E-state index contributed by atoms with van der Waals surface area (Å²) in [6, 6.07) is 4.11. The highest BCUT2D eigenvalue weighted by molar-refractivity contribution is 5.84. The summed E-state index contributed by atoms with van der Waals surface area (Å²) in [5, 5.41) is 0. The van der Waals surface area contributed by atoms with Gasteiger partial charge in [-0.2, -0.15) is 0 Å². The summed E-state index contributed by atoms with van der Waals surface area (Å²) in [5.74, 6) is 0.357. The van der Waals surface area contributed by atoms with Gasteiger partial charge in [-0.25, -0.2) is 0 Å². The second-order valence-electron chi connectivity index (χ2n) is 7.21. The number of hydrogen-bond acceptors (Lipinski definition) is 4. The van der Waals surface area contributed by atoms with Crippen molar-refractivity contribution in [1.29, 1.82) is 0 Å². The highest BCUT2D eigenvalue weighted by atomic mass is 16.5.